The summed E-state index contributed by atoms with van der Waals surface area (Å²) in [5, 5.41) is 5.69. The van der Waals surface area contributed by atoms with Crippen molar-refractivity contribution in [1.82, 2.24) is 10.6 Å². The highest BCUT2D eigenvalue weighted by Crippen LogP contribution is 2.16. The number of rotatable bonds is 5. The molecule has 19 heavy (non-hydrogen) atoms. The zero-order chi connectivity index (χ0) is 13.5. The smallest absolute Gasteiger partial charge is 0.233 e. The van der Waals surface area contributed by atoms with Gasteiger partial charge in [0, 0.05) is 32.4 Å². The summed E-state index contributed by atoms with van der Waals surface area (Å²) in [5.41, 5.74) is 2.42. The number of ether oxygens (including phenoxy) is 1. The first kappa shape index (κ1) is 13.8. The van der Waals surface area contributed by atoms with Crippen molar-refractivity contribution in [2.45, 2.75) is 6.54 Å². The van der Waals surface area contributed by atoms with Gasteiger partial charge < -0.3 is 20.3 Å². The van der Waals surface area contributed by atoms with Gasteiger partial charge in [0.2, 0.25) is 5.91 Å². The fraction of sp³-hybridized carbons (Fsp3) is 0.500. The third-order valence-corrected chi connectivity index (χ3v) is 3.21. The summed E-state index contributed by atoms with van der Waals surface area (Å²) < 4.78 is 5.34. The van der Waals surface area contributed by atoms with Crippen LogP contribution in [-0.2, 0) is 16.1 Å². The van der Waals surface area contributed by atoms with Crippen molar-refractivity contribution in [3.05, 3.63) is 29.8 Å². The molecule has 1 aromatic rings. The Kier molecular flexibility index (Phi) is 5.18. The summed E-state index contributed by atoms with van der Waals surface area (Å²) in [6, 6.07) is 8.45. The van der Waals surface area contributed by atoms with E-state index in [2.05, 4.69) is 39.8 Å². The SMILES string of the molecule is CNC(=O)CNCc1ccc(N2CCOCC2)cc1. The number of nitrogens with one attached hydrogen (secondary N) is 2. The van der Waals surface area contributed by atoms with Crippen LogP contribution in [0, 0.1) is 0 Å². The molecule has 1 aromatic carbocycles. The molecule has 0 radical (unpaired) electrons. The van der Waals surface area contributed by atoms with Gasteiger partial charge in [0.15, 0.2) is 0 Å². The lowest BCUT2D eigenvalue weighted by atomic mass is 10.2. The molecule has 2 rings (SSSR count). The molecule has 1 amide bonds. The number of likely N-dealkylation sites (N-methyl/N-ethyl adjacent to an activating group) is 1. The van der Waals surface area contributed by atoms with Crippen molar-refractivity contribution in [1.29, 1.82) is 0 Å². The zero-order valence-electron chi connectivity index (χ0n) is 11.3. The molecule has 104 valence electrons. The highest BCUT2D eigenvalue weighted by Gasteiger charge is 2.10. The van der Waals surface area contributed by atoms with Crippen LogP contribution in [0.25, 0.3) is 0 Å². The molecule has 1 fully saturated rings. The molecular formula is C14H21N3O2. The number of hydrogen-bond acceptors (Lipinski definition) is 4. The first-order valence-electron chi connectivity index (χ1n) is 6.62. The van der Waals surface area contributed by atoms with Crippen molar-refractivity contribution < 1.29 is 9.53 Å². The van der Waals surface area contributed by atoms with E-state index in [0.29, 0.717) is 13.1 Å². The average molecular weight is 263 g/mol. The molecule has 0 spiro atoms. The molecule has 2 N–H and O–H groups in total. The lowest BCUT2D eigenvalue weighted by molar-refractivity contribution is -0.119. The highest BCUT2D eigenvalue weighted by molar-refractivity contribution is 5.77. The summed E-state index contributed by atoms with van der Waals surface area (Å²) >= 11 is 0. The van der Waals surface area contributed by atoms with Gasteiger partial charge in [-0.15, -0.1) is 0 Å². The second-order valence-corrected chi connectivity index (χ2v) is 4.54. The predicted molar refractivity (Wildman–Crippen MR) is 75.2 cm³/mol. The van der Waals surface area contributed by atoms with E-state index in [1.165, 1.54) is 11.3 Å². The largest absolute Gasteiger partial charge is 0.378 e. The van der Waals surface area contributed by atoms with Gasteiger partial charge in [-0.05, 0) is 17.7 Å². The number of amides is 1. The van der Waals surface area contributed by atoms with Crippen LogP contribution in [0.15, 0.2) is 24.3 Å². The summed E-state index contributed by atoms with van der Waals surface area (Å²) in [5.74, 6) is 0.00457. The van der Waals surface area contributed by atoms with Crippen LogP contribution in [0.5, 0.6) is 0 Å². The minimum absolute atomic E-state index is 0.00457. The first-order valence-corrected chi connectivity index (χ1v) is 6.62. The van der Waals surface area contributed by atoms with Gasteiger partial charge in [0.25, 0.3) is 0 Å². The number of carbonyl (C=O) groups is 1. The summed E-state index contributed by atoms with van der Waals surface area (Å²) in [4.78, 5) is 13.4. The maximum Gasteiger partial charge on any atom is 0.233 e. The third kappa shape index (κ3) is 4.22. The zero-order valence-corrected chi connectivity index (χ0v) is 11.3. The van der Waals surface area contributed by atoms with Crippen LogP contribution < -0.4 is 15.5 Å². The fourth-order valence-corrected chi connectivity index (χ4v) is 2.05. The van der Waals surface area contributed by atoms with Gasteiger partial charge in [-0.2, -0.15) is 0 Å². The van der Waals surface area contributed by atoms with Crippen LogP contribution >= 0.6 is 0 Å². The maximum absolute atomic E-state index is 11.1. The normalized spacial score (nSPS) is 15.3. The van der Waals surface area contributed by atoms with E-state index in [0.717, 1.165) is 26.3 Å². The molecule has 0 aromatic heterocycles. The van der Waals surface area contributed by atoms with Gasteiger partial charge in [0.1, 0.15) is 0 Å². The van der Waals surface area contributed by atoms with E-state index in [-0.39, 0.29) is 5.91 Å². The molecule has 0 aliphatic carbocycles. The molecule has 5 nitrogen and oxygen atoms in total. The molecule has 1 aliphatic rings. The van der Waals surface area contributed by atoms with Gasteiger partial charge >= 0.3 is 0 Å². The van der Waals surface area contributed by atoms with Crippen LogP contribution in [0.1, 0.15) is 5.56 Å². The fourth-order valence-electron chi connectivity index (χ4n) is 2.05. The number of carbonyl (C=O) groups excluding carboxylic acids is 1. The lowest BCUT2D eigenvalue weighted by Crippen LogP contribution is -2.36. The number of hydrogen-bond donors (Lipinski definition) is 2. The summed E-state index contributed by atoms with van der Waals surface area (Å²) in [7, 11) is 1.64. The molecule has 0 unspecified atom stereocenters. The van der Waals surface area contributed by atoms with Crippen LogP contribution in [-0.4, -0.2) is 45.8 Å². The second-order valence-electron chi connectivity index (χ2n) is 4.54. The van der Waals surface area contributed by atoms with E-state index in [9.17, 15) is 4.79 Å². The predicted octanol–water partition coefficient (Wildman–Crippen LogP) is 0.359. The van der Waals surface area contributed by atoms with Crippen molar-refractivity contribution in [3.8, 4) is 0 Å². The standard InChI is InChI=1S/C14H21N3O2/c1-15-14(18)11-16-10-12-2-4-13(5-3-12)17-6-8-19-9-7-17/h2-5,16H,6-11H2,1H3,(H,15,18). The molecule has 0 bridgehead atoms. The van der Waals surface area contributed by atoms with Crippen LogP contribution in [0.2, 0.25) is 0 Å². The van der Waals surface area contributed by atoms with Crippen molar-refractivity contribution in [3.63, 3.8) is 0 Å². The number of morpholine rings is 1. The number of benzene rings is 1. The molecule has 1 heterocycles. The van der Waals surface area contributed by atoms with Crippen molar-refractivity contribution >= 4 is 11.6 Å². The van der Waals surface area contributed by atoms with Crippen LogP contribution in [0.4, 0.5) is 5.69 Å². The Morgan fingerprint density at radius 3 is 2.58 bits per heavy atom. The Hall–Kier alpha value is -1.59. The highest BCUT2D eigenvalue weighted by atomic mass is 16.5. The van der Waals surface area contributed by atoms with Gasteiger partial charge in [0.05, 0.1) is 19.8 Å². The summed E-state index contributed by atoms with van der Waals surface area (Å²) in [6.07, 6.45) is 0. The van der Waals surface area contributed by atoms with E-state index in [1.807, 2.05) is 0 Å². The van der Waals surface area contributed by atoms with Crippen LogP contribution in [0.3, 0.4) is 0 Å². The lowest BCUT2D eigenvalue weighted by Gasteiger charge is -2.28. The molecule has 1 aliphatic heterocycles. The third-order valence-electron chi connectivity index (χ3n) is 3.21. The Labute approximate surface area is 113 Å². The Morgan fingerprint density at radius 2 is 1.95 bits per heavy atom. The van der Waals surface area contributed by atoms with E-state index >= 15 is 0 Å². The van der Waals surface area contributed by atoms with Gasteiger partial charge in [-0.3, -0.25) is 4.79 Å². The van der Waals surface area contributed by atoms with E-state index in [4.69, 9.17) is 4.74 Å². The van der Waals surface area contributed by atoms with E-state index < -0.39 is 0 Å². The number of nitrogens with zero attached hydrogens (tertiary/aromatic N) is 1. The van der Waals surface area contributed by atoms with E-state index in [1.54, 1.807) is 7.05 Å². The Balaban J connectivity index is 1.82. The quantitative estimate of drug-likeness (QED) is 0.805. The Bertz CT molecular complexity index is 400. The van der Waals surface area contributed by atoms with Gasteiger partial charge in [-0.25, -0.2) is 0 Å². The minimum atomic E-state index is 0.00457. The summed E-state index contributed by atoms with van der Waals surface area (Å²) in [6.45, 7) is 4.56. The molecule has 0 atom stereocenters. The maximum atomic E-state index is 11.1. The molecular weight excluding hydrogens is 242 g/mol. The Morgan fingerprint density at radius 1 is 1.26 bits per heavy atom. The van der Waals surface area contributed by atoms with Crippen molar-refractivity contribution in [2.24, 2.45) is 0 Å². The monoisotopic (exact) mass is 263 g/mol. The van der Waals surface area contributed by atoms with Crippen molar-refractivity contribution in [2.75, 3.05) is 44.8 Å². The number of anilines is 1. The minimum Gasteiger partial charge on any atom is -0.378 e. The molecule has 5 heteroatoms. The molecule has 1 saturated heterocycles. The molecule has 0 saturated carbocycles. The average Bonchev–Trinajstić information content (AvgIpc) is 2.48. The van der Waals surface area contributed by atoms with Gasteiger partial charge in [-0.1, -0.05) is 12.1 Å². The topological polar surface area (TPSA) is 53.6 Å². The second kappa shape index (κ2) is 7.11. The first-order chi connectivity index (χ1) is 9.29.